The fourth-order valence-electron chi connectivity index (χ4n) is 1.38. The van der Waals surface area contributed by atoms with Crippen LogP contribution in [0.4, 0.5) is 0 Å². The quantitative estimate of drug-likeness (QED) is 0.904. The summed E-state index contributed by atoms with van der Waals surface area (Å²) in [7, 11) is 0. The Morgan fingerprint density at radius 3 is 2.73 bits per heavy atom. The van der Waals surface area contributed by atoms with Crippen molar-refractivity contribution in [3.8, 4) is 11.3 Å². The molecule has 3 heteroatoms. The van der Waals surface area contributed by atoms with Gasteiger partial charge in [0.05, 0.1) is 12.3 Å². The lowest BCUT2D eigenvalue weighted by molar-refractivity contribution is 0.282. The first-order valence-electron chi connectivity index (χ1n) is 4.61. The standard InChI is InChI=1S/C12H10BrNO/c13-11-4-5-12(14-7-11)10-3-1-2-9(6-10)8-15/h1-7,15H,8H2. The Kier molecular flexibility index (Phi) is 3.14. The molecule has 0 bridgehead atoms. The number of aliphatic hydroxyl groups excluding tert-OH is 1. The molecule has 2 aromatic rings. The van der Waals surface area contributed by atoms with Gasteiger partial charge in [-0.3, -0.25) is 4.98 Å². The summed E-state index contributed by atoms with van der Waals surface area (Å²) < 4.78 is 0.963. The third-order valence-corrected chi connectivity index (χ3v) is 2.60. The third-order valence-electron chi connectivity index (χ3n) is 2.13. The summed E-state index contributed by atoms with van der Waals surface area (Å²) in [4.78, 5) is 4.30. The average molecular weight is 264 g/mol. The molecular weight excluding hydrogens is 254 g/mol. The van der Waals surface area contributed by atoms with Gasteiger partial charge in [0.2, 0.25) is 0 Å². The van der Waals surface area contributed by atoms with Crippen molar-refractivity contribution in [3.63, 3.8) is 0 Å². The van der Waals surface area contributed by atoms with E-state index in [0.717, 1.165) is 21.3 Å². The zero-order chi connectivity index (χ0) is 10.7. The molecule has 0 aliphatic carbocycles. The van der Waals surface area contributed by atoms with Crippen molar-refractivity contribution in [2.75, 3.05) is 0 Å². The Morgan fingerprint density at radius 1 is 1.20 bits per heavy atom. The zero-order valence-electron chi connectivity index (χ0n) is 8.02. The topological polar surface area (TPSA) is 33.1 Å². The van der Waals surface area contributed by atoms with Gasteiger partial charge in [0.15, 0.2) is 0 Å². The molecule has 0 fully saturated rings. The van der Waals surface area contributed by atoms with Crippen molar-refractivity contribution in [3.05, 3.63) is 52.6 Å². The van der Waals surface area contributed by atoms with Crippen LogP contribution in [0.1, 0.15) is 5.56 Å². The van der Waals surface area contributed by atoms with Crippen molar-refractivity contribution in [2.45, 2.75) is 6.61 Å². The van der Waals surface area contributed by atoms with Gasteiger partial charge in [0.1, 0.15) is 0 Å². The summed E-state index contributed by atoms with van der Waals surface area (Å²) in [5.74, 6) is 0. The monoisotopic (exact) mass is 263 g/mol. The van der Waals surface area contributed by atoms with Gasteiger partial charge in [-0.1, -0.05) is 18.2 Å². The zero-order valence-corrected chi connectivity index (χ0v) is 9.61. The van der Waals surface area contributed by atoms with Crippen LogP contribution in [0.3, 0.4) is 0 Å². The molecule has 2 nitrogen and oxygen atoms in total. The molecule has 2 rings (SSSR count). The normalized spacial score (nSPS) is 10.3. The fraction of sp³-hybridized carbons (Fsp3) is 0.0833. The molecule has 0 saturated carbocycles. The van der Waals surface area contributed by atoms with Crippen LogP contribution in [0.2, 0.25) is 0 Å². The second kappa shape index (κ2) is 4.55. The molecule has 0 atom stereocenters. The summed E-state index contributed by atoms with van der Waals surface area (Å²) >= 11 is 3.34. The molecule has 1 aromatic carbocycles. The maximum atomic E-state index is 9.03. The van der Waals surface area contributed by atoms with E-state index in [4.69, 9.17) is 5.11 Å². The van der Waals surface area contributed by atoms with E-state index < -0.39 is 0 Å². The van der Waals surface area contributed by atoms with Crippen molar-refractivity contribution < 1.29 is 5.11 Å². The first-order chi connectivity index (χ1) is 7.29. The van der Waals surface area contributed by atoms with Crippen LogP contribution in [-0.4, -0.2) is 10.1 Å². The highest BCUT2D eigenvalue weighted by Crippen LogP contribution is 2.19. The van der Waals surface area contributed by atoms with Crippen LogP contribution >= 0.6 is 15.9 Å². The largest absolute Gasteiger partial charge is 0.392 e. The van der Waals surface area contributed by atoms with Gasteiger partial charge in [-0.25, -0.2) is 0 Å². The van der Waals surface area contributed by atoms with E-state index in [9.17, 15) is 0 Å². The van der Waals surface area contributed by atoms with Gasteiger partial charge in [-0.05, 0) is 39.7 Å². The summed E-state index contributed by atoms with van der Waals surface area (Å²) in [5.41, 5.74) is 2.83. The molecule has 1 N–H and O–H groups in total. The molecule has 0 saturated heterocycles. The number of benzene rings is 1. The van der Waals surface area contributed by atoms with Crippen LogP contribution in [-0.2, 0) is 6.61 Å². The van der Waals surface area contributed by atoms with Crippen molar-refractivity contribution in [1.29, 1.82) is 0 Å². The molecule has 0 spiro atoms. The van der Waals surface area contributed by atoms with Gasteiger partial charge < -0.3 is 5.11 Å². The number of hydrogen-bond acceptors (Lipinski definition) is 2. The van der Waals surface area contributed by atoms with E-state index in [1.807, 2.05) is 36.4 Å². The van der Waals surface area contributed by atoms with E-state index >= 15 is 0 Å². The number of nitrogens with zero attached hydrogens (tertiary/aromatic N) is 1. The Labute approximate surface area is 96.7 Å². The lowest BCUT2D eigenvalue weighted by Crippen LogP contribution is -1.86. The van der Waals surface area contributed by atoms with Gasteiger partial charge in [-0.2, -0.15) is 0 Å². The summed E-state index contributed by atoms with van der Waals surface area (Å²) in [6.07, 6.45) is 1.76. The second-order valence-electron chi connectivity index (χ2n) is 3.22. The minimum atomic E-state index is 0.0599. The van der Waals surface area contributed by atoms with E-state index in [1.165, 1.54) is 0 Å². The number of rotatable bonds is 2. The molecule has 1 heterocycles. The molecular formula is C12H10BrNO. The minimum Gasteiger partial charge on any atom is -0.392 e. The van der Waals surface area contributed by atoms with Crippen LogP contribution in [0.25, 0.3) is 11.3 Å². The molecule has 0 radical (unpaired) electrons. The minimum absolute atomic E-state index is 0.0599. The maximum Gasteiger partial charge on any atom is 0.0702 e. The van der Waals surface area contributed by atoms with Gasteiger partial charge in [0, 0.05) is 16.2 Å². The van der Waals surface area contributed by atoms with Gasteiger partial charge in [0.25, 0.3) is 0 Å². The average Bonchev–Trinajstić information content (AvgIpc) is 2.30. The third kappa shape index (κ3) is 2.43. The maximum absolute atomic E-state index is 9.03. The Bertz CT molecular complexity index is 453. The molecule has 1 aromatic heterocycles. The van der Waals surface area contributed by atoms with Crippen LogP contribution in [0, 0.1) is 0 Å². The highest BCUT2D eigenvalue weighted by atomic mass is 79.9. The molecule has 0 unspecified atom stereocenters. The van der Waals surface area contributed by atoms with E-state index in [-0.39, 0.29) is 6.61 Å². The van der Waals surface area contributed by atoms with E-state index in [2.05, 4.69) is 20.9 Å². The molecule has 15 heavy (non-hydrogen) atoms. The summed E-state index contributed by atoms with van der Waals surface area (Å²) in [6, 6.07) is 11.6. The van der Waals surface area contributed by atoms with Crippen LogP contribution < -0.4 is 0 Å². The number of pyridine rings is 1. The predicted octanol–water partition coefficient (Wildman–Crippen LogP) is 3.00. The van der Waals surface area contributed by atoms with Gasteiger partial charge in [-0.15, -0.1) is 0 Å². The Morgan fingerprint density at radius 2 is 2.07 bits per heavy atom. The summed E-state index contributed by atoms with van der Waals surface area (Å²) in [6.45, 7) is 0.0599. The molecule has 76 valence electrons. The molecule has 0 amide bonds. The highest BCUT2D eigenvalue weighted by Gasteiger charge is 1.99. The molecule has 0 aliphatic heterocycles. The number of aliphatic hydroxyl groups is 1. The fourth-order valence-corrected chi connectivity index (χ4v) is 1.61. The Hall–Kier alpha value is -1.19. The Balaban J connectivity index is 2.40. The van der Waals surface area contributed by atoms with Gasteiger partial charge >= 0.3 is 0 Å². The lowest BCUT2D eigenvalue weighted by atomic mass is 10.1. The summed E-state index contributed by atoms with van der Waals surface area (Å²) in [5, 5.41) is 9.03. The van der Waals surface area contributed by atoms with E-state index in [0.29, 0.717) is 0 Å². The van der Waals surface area contributed by atoms with Crippen LogP contribution in [0.5, 0.6) is 0 Å². The van der Waals surface area contributed by atoms with Crippen LogP contribution in [0.15, 0.2) is 47.1 Å². The van der Waals surface area contributed by atoms with Crippen molar-refractivity contribution in [1.82, 2.24) is 4.98 Å². The lowest BCUT2D eigenvalue weighted by Gasteiger charge is -2.02. The number of hydrogen-bond donors (Lipinski definition) is 1. The second-order valence-corrected chi connectivity index (χ2v) is 4.14. The van der Waals surface area contributed by atoms with Crippen molar-refractivity contribution in [2.24, 2.45) is 0 Å². The highest BCUT2D eigenvalue weighted by molar-refractivity contribution is 9.10. The predicted molar refractivity (Wildman–Crippen MR) is 63.3 cm³/mol. The molecule has 0 aliphatic rings. The number of aromatic nitrogens is 1. The smallest absolute Gasteiger partial charge is 0.0702 e. The van der Waals surface area contributed by atoms with Crippen molar-refractivity contribution >= 4 is 15.9 Å². The SMILES string of the molecule is OCc1cccc(-c2ccc(Br)cn2)c1. The number of halogens is 1. The first-order valence-corrected chi connectivity index (χ1v) is 5.40. The van der Waals surface area contributed by atoms with E-state index in [1.54, 1.807) is 6.20 Å². The first kappa shape index (κ1) is 10.3.